The van der Waals surface area contributed by atoms with E-state index in [0.29, 0.717) is 31.7 Å². The summed E-state index contributed by atoms with van der Waals surface area (Å²) in [5, 5.41) is 18.4. The summed E-state index contributed by atoms with van der Waals surface area (Å²) in [4.78, 5) is 15.1. The number of hydrogen-bond donors (Lipinski definition) is 1. The lowest BCUT2D eigenvalue weighted by atomic mass is 9.98. The number of para-hydroxylation sites is 1. The number of rotatable bonds is 7. The van der Waals surface area contributed by atoms with E-state index in [1.165, 1.54) is 0 Å². The van der Waals surface area contributed by atoms with E-state index >= 15 is 0 Å². The van der Waals surface area contributed by atoms with Crippen molar-refractivity contribution in [2.45, 2.75) is 38.2 Å². The SMILES string of the molecule is CN1CCCn2c(C(=O)O)c(CCCOc3cccc4ccccc34)c3cccc(c32)-c2c(CCl)nn(C)c2C1. The normalized spacial score (nSPS) is 14.0. The highest BCUT2D eigenvalue weighted by Gasteiger charge is 2.28. The molecule has 3 aromatic carbocycles. The number of aryl methyl sites for hydroxylation is 3. The zero-order valence-corrected chi connectivity index (χ0v) is 23.6. The molecule has 0 unspecified atom stereocenters. The number of nitrogens with zero attached hydrogens (tertiary/aromatic N) is 4. The van der Waals surface area contributed by atoms with Crippen molar-refractivity contribution >= 4 is 39.2 Å². The fourth-order valence-electron chi connectivity index (χ4n) is 6.19. The first-order chi connectivity index (χ1) is 19.5. The molecule has 40 heavy (non-hydrogen) atoms. The van der Waals surface area contributed by atoms with Gasteiger partial charge in [0.2, 0.25) is 0 Å². The van der Waals surface area contributed by atoms with E-state index < -0.39 is 5.97 Å². The number of benzene rings is 3. The van der Waals surface area contributed by atoms with Gasteiger partial charge in [0.25, 0.3) is 0 Å². The molecule has 206 valence electrons. The summed E-state index contributed by atoms with van der Waals surface area (Å²) < 4.78 is 10.1. The molecule has 0 atom stereocenters. The van der Waals surface area contributed by atoms with Crippen LogP contribution in [0.3, 0.4) is 0 Å². The first kappa shape index (κ1) is 26.4. The highest BCUT2D eigenvalue weighted by atomic mass is 35.5. The minimum absolute atomic E-state index is 0.286. The summed E-state index contributed by atoms with van der Waals surface area (Å²) in [5.41, 5.74) is 6.09. The van der Waals surface area contributed by atoms with E-state index in [1.54, 1.807) is 0 Å². The lowest BCUT2D eigenvalue weighted by Gasteiger charge is -2.21. The maximum Gasteiger partial charge on any atom is 0.352 e. The van der Waals surface area contributed by atoms with Crippen LogP contribution in [-0.2, 0) is 32.4 Å². The summed E-state index contributed by atoms with van der Waals surface area (Å²) in [7, 11) is 4.05. The van der Waals surface area contributed by atoms with Crippen LogP contribution in [0.1, 0.15) is 40.3 Å². The smallest absolute Gasteiger partial charge is 0.352 e. The summed E-state index contributed by atoms with van der Waals surface area (Å²) in [6.07, 6.45) is 2.14. The number of aromatic carboxylic acids is 1. The molecule has 0 bridgehead atoms. The van der Waals surface area contributed by atoms with Crippen molar-refractivity contribution in [2.24, 2.45) is 7.05 Å². The average molecular weight is 557 g/mol. The van der Waals surface area contributed by atoms with Gasteiger partial charge >= 0.3 is 5.97 Å². The molecule has 5 aromatic rings. The van der Waals surface area contributed by atoms with Crippen LogP contribution in [0.2, 0.25) is 0 Å². The molecular formula is C32H33ClN4O3. The monoisotopic (exact) mass is 556 g/mol. The van der Waals surface area contributed by atoms with E-state index in [2.05, 4.69) is 42.3 Å². The minimum atomic E-state index is -0.901. The fourth-order valence-corrected chi connectivity index (χ4v) is 6.38. The second-order valence-corrected chi connectivity index (χ2v) is 10.8. The molecule has 7 nitrogen and oxygen atoms in total. The van der Waals surface area contributed by atoms with Crippen molar-refractivity contribution in [3.05, 3.63) is 83.3 Å². The Morgan fingerprint density at radius 3 is 2.62 bits per heavy atom. The van der Waals surface area contributed by atoms with Crippen molar-refractivity contribution in [3.63, 3.8) is 0 Å². The molecule has 1 N–H and O–H groups in total. The molecule has 0 radical (unpaired) electrons. The molecule has 1 aliphatic heterocycles. The first-order valence-corrected chi connectivity index (χ1v) is 14.3. The van der Waals surface area contributed by atoms with Gasteiger partial charge in [-0.1, -0.05) is 54.6 Å². The van der Waals surface area contributed by atoms with Gasteiger partial charge in [0.15, 0.2) is 0 Å². The predicted octanol–water partition coefficient (Wildman–Crippen LogP) is 6.48. The second kappa shape index (κ2) is 11.0. The number of hydrogen-bond acceptors (Lipinski definition) is 4. The number of carboxylic acid groups (broad SMARTS) is 1. The number of alkyl halides is 1. The summed E-state index contributed by atoms with van der Waals surface area (Å²) in [6, 6.07) is 20.4. The molecule has 0 aliphatic carbocycles. The van der Waals surface area contributed by atoms with Crippen LogP contribution in [0.15, 0.2) is 60.7 Å². The van der Waals surface area contributed by atoms with Crippen LogP contribution < -0.4 is 4.74 Å². The Balaban J connectivity index is 1.41. The maximum atomic E-state index is 12.8. The zero-order chi connectivity index (χ0) is 27.8. The first-order valence-electron chi connectivity index (χ1n) is 13.8. The number of carbonyl (C=O) groups is 1. The number of aromatic nitrogens is 3. The van der Waals surface area contributed by atoms with Crippen molar-refractivity contribution in [2.75, 3.05) is 20.2 Å². The maximum absolute atomic E-state index is 12.8. The molecular weight excluding hydrogens is 524 g/mol. The van der Waals surface area contributed by atoms with Crippen molar-refractivity contribution < 1.29 is 14.6 Å². The Labute approximate surface area is 238 Å². The minimum Gasteiger partial charge on any atom is -0.493 e. The van der Waals surface area contributed by atoms with Crippen LogP contribution in [0, 0.1) is 0 Å². The molecule has 1 aliphatic rings. The molecule has 3 heterocycles. The molecule has 0 saturated heterocycles. The van der Waals surface area contributed by atoms with E-state index in [-0.39, 0.29) is 5.88 Å². The topological polar surface area (TPSA) is 72.5 Å². The number of fused-ring (bicyclic) bond motifs is 3. The Bertz CT molecular complexity index is 1720. The lowest BCUT2D eigenvalue weighted by Crippen LogP contribution is -2.23. The van der Waals surface area contributed by atoms with E-state index in [4.69, 9.17) is 21.4 Å². The fraction of sp³-hybridized carbons (Fsp3) is 0.312. The lowest BCUT2D eigenvalue weighted by molar-refractivity contribution is 0.0684. The third-order valence-corrected chi connectivity index (χ3v) is 8.20. The van der Waals surface area contributed by atoms with E-state index in [1.807, 2.05) is 46.6 Å². The van der Waals surface area contributed by atoms with Crippen LogP contribution in [0.25, 0.3) is 32.8 Å². The summed E-state index contributed by atoms with van der Waals surface area (Å²) in [5.74, 6) is 0.233. The highest BCUT2D eigenvalue weighted by Crippen LogP contribution is 2.39. The van der Waals surface area contributed by atoms with Crippen molar-refractivity contribution in [1.82, 2.24) is 19.2 Å². The molecule has 8 heteroatoms. The molecule has 0 saturated carbocycles. The molecule has 0 amide bonds. The van der Waals surface area contributed by atoms with Crippen LogP contribution >= 0.6 is 11.6 Å². The van der Waals surface area contributed by atoms with Gasteiger partial charge in [-0.25, -0.2) is 4.79 Å². The molecule has 0 spiro atoms. The standard InChI is InChI=1S/C32H33ClN4O3/c1-35-16-8-17-37-30-23(12-6-13-25(30)29-26(19-33)34-36(2)27(29)20-35)24(31(37)32(38)39)14-7-18-40-28-15-5-10-21-9-3-4-11-22(21)28/h3-6,9-13,15H,7-8,14,16-20H2,1-2H3,(H,38,39). The molecule has 2 aromatic heterocycles. The van der Waals surface area contributed by atoms with Crippen molar-refractivity contribution in [3.8, 4) is 16.9 Å². The Morgan fingerprint density at radius 1 is 1.02 bits per heavy atom. The van der Waals surface area contributed by atoms with Gasteiger partial charge in [0.1, 0.15) is 11.4 Å². The highest BCUT2D eigenvalue weighted by molar-refractivity contribution is 6.17. The predicted molar refractivity (Wildman–Crippen MR) is 159 cm³/mol. The second-order valence-electron chi connectivity index (χ2n) is 10.5. The van der Waals surface area contributed by atoms with Crippen LogP contribution in [0.4, 0.5) is 0 Å². The Kier molecular flexibility index (Phi) is 7.26. The van der Waals surface area contributed by atoms with Crippen LogP contribution in [0.5, 0.6) is 5.75 Å². The summed E-state index contributed by atoms with van der Waals surface area (Å²) in [6.45, 7) is 2.71. The van der Waals surface area contributed by atoms with E-state index in [9.17, 15) is 9.90 Å². The van der Waals surface area contributed by atoms with Gasteiger partial charge in [-0.2, -0.15) is 5.10 Å². The summed E-state index contributed by atoms with van der Waals surface area (Å²) >= 11 is 6.40. The third-order valence-electron chi connectivity index (χ3n) is 7.94. The molecule has 0 fully saturated rings. The van der Waals surface area contributed by atoms with Gasteiger partial charge in [0.05, 0.1) is 29.4 Å². The largest absolute Gasteiger partial charge is 0.493 e. The van der Waals surface area contributed by atoms with Crippen LogP contribution in [-0.4, -0.2) is 50.5 Å². The Morgan fingerprint density at radius 2 is 1.80 bits per heavy atom. The van der Waals surface area contributed by atoms with Crippen molar-refractivity contribution in [1.29, 1.82) is 0 Å². The van der Waals surface area contributed by atoms with Gasteiger partial charge in [-0.05, 0) is 49.9 Å². The number of halogens is 1. The number of ether oxygens (including phenoxy) is 1. The molecule has 6 rings (SSSR count). The van der Waals surface area contributed by atoms with Gasteiger partial charge in [-0.3, -0.25) is 4.68 Å². The van der Waals surface area contributed by atoms with Gasteiger partial charge in [-0.15, -0.1) is 11.6 Å². The van der Waals surface area contributed by atoms with Gasteiger partial charge < -0.3 is 19.3 Å². The quantitative estimate of drug-likeness (QED) is 0.183. The Hall–Kier alpha value is -3.81. The van der Waals surface area contributed by atoms with E-state index in [0.717, 1.165) is 75.0 Å². The average Bonchev–Trinajstić information content (AvgIpc) is 3.45. The third kappa shape index (κ3) is 4.63. The number of carboxylic acids is 1. The zero-order valence-electron chi connectivity index (χ0n) is 22.9. The van der Waals surface area contributed by atoms with Gasteiger partial charge in [0, 0.05) is 42.0 Å².